The van der Waals surface area contributed by atoms with Crippen molar-refractivity contribution in [2.45, 2.75) is 175 Å². The van der Waals surface area contributed by atoms with Crippen LogP contribution in [-0.4, -0.2) is 90.5 Å². The zero-order chi connectivity index (χ0) is 55.6. The summed E-state index contributed by atoms with van der Waals surface area (Å²) >= 11 is 0. The first kappa shape index (κ1) is 59.2. The fourth-order valence-electron chi connectivity index (χ4n) is 10.4. The molecule has 4 aromatic rings. The van der Waals surface area contributed by atoms with E-state index in [1.807, 2.05) is 57.2 Å². The van der Waals surface area contributed by atoms with Crippen LogP contribution in [0, 0.1) is 20.8 Å². The Morgan fingerprint density at radius 3 is 2.27 bits per heavy atom. The molecular formula is C62H80N4O11. The van der Waals surface area contributed by atoms with Crippen molar-refractivity contribution >= 4 is 47.0 Å². The monoisotopic (exact) mass is 1060 g/mol. The van der Waals surface area contributed by atoms with Gasteiger partial charge in [-0.15, -0.1) is 0 Å². The summed E-state index contributed by atoms with van der Waals surface area (Å²) < 4.78 is 23.5. The van der Waals surface area contributed by atoms with E-state index >= 15 is 0 Å². The highest BCUT2D eigenvalue weighted by atomic mass is 16.5. The quantitative estimate of drug-likeness (QED) is 0.0386. The first-order valence-corrected chi connectivity index (χ1v) is 27.7. The molecule has 0 spiro atoms. The standard InChI is InChI=1S/C44H59NO7.C18H21N3O4/c1-8-10-11-12-17-36(46)29-51-37-18-15-16-34(27-37)40(23-22-33-21-20-30(3)31(4)25-33)52-44(48)39-19-13-14-24-45(39)43(47)38(9-2)35-26-32(5)42(50-7)41(28-35)49-6;1-2-3-7-15(22)19-13-6-4-5-11-12(13)10-21(18(11)25)14-8-9-16(23)20-17(14)24/h15-16,18,20-21,25-28,38-40H,8-14,17,19,22-24,29H2,1-7H3;4-6,14H,2-3,7-10H2,1H3,(H,19,22)(H,20,23,24)/t38-,39-,40?;/m0./s1. The number of aryl methyl sites for hydroxylation is 4. The predicted octanol–water partition coefficient (Wildman–Crippen LogP) is 10.9. The number of benzene rings is 4. The molecular weight excluding hydrogens is 977 g/mol. The molecule has 3 aliphatic heterocycles. The number of amides is 5. The van der Waals surface area contributed by atoms with Crippen molar-refractivity contribution in [2.75, 3.05) is 32.7 Å². The van der Waals surface area contributed by atoms with Gasteiger partial charge in [-0.25, -0.2) is 4.79 Å². The molecule has 414 valence electrons. The number of nitrogens with zero attached hydrogens (tertiary/aromatic N) is 2. The maximum Gasteiger partial charge on any atom is 0.329 e. The van der Waals surface area contributed by atoms with E-state index in [-0.39, 0.29) is 49.0 Å². The molecule has 2 unspecified atom stereocenters. The molecule has 7 rings (SSSR count). The summed E-state index contributed by atoms with van der Waals surface area (Å²) in [6.07, 6.45) is 10.8. The Bertz CT molecular complexity index is 2740. The van der Waals surface area contributed by atoms with Gasteiger partial charge in [0.2, 0.25) is 23.6 Å². The van der Waals surface area contributed by atoms with Crippen molar-refractivity contribution < 1.29 is 52.5 Å². The van der Waals surface area contributed by atoms with E-state index in [9.17, 15) is 33.6 Å². The van der Waals surface area contributed by atoms with Crippen LogP contribution in [-0.2, 0) is 46.5 Å². The molecule has 15 heteroatoms. The van der Waals surface area contributed by atoms with Crippen molar-refractivity contribution in [1.82, 2.24) is 15.1 Å². The van der Waals surface area contributed by atoms with E-state index in [1.54, 1.807) is 37.3 Å². The largest absolute Gasteiger partial charge is 0.493 e. The second-order valence-corrected chi connectivity index (χ2v) is 20.6. The minimum atomic E-state index is -0.689. The molecule has 77 heavy (non-hydrogen) atoms. The molecule has 2 saturated heterocycles. The number of nitrogens with one attached hydrogen (secondary N) is 2. The number of ether oxygens (including phenoxy) is 4. The molecule has 0 aliphatic carbocycles. The smallest absolute Gasteiger partial charge is 0.329 e. The number of rotatable bonds is 24. The number of carbonyl (C=O) groups excluding carboxylic acids is 7. The van der Waals surface area contributed by atoms with Gasteiger partial charge in [-0.05, 0) is 142 Å². The molecule has 3 heterocycles. The van der Waals surface area contributed by atoms with E-state index in [2.05, 4.69) is 49.6 Å². The third-order valence-electron chi connectivity index (χ3n) is 14.9. The van der Waals surface area contributed by atoms with Crippen LogP contribution in [0.3, 0.4) is 0 Å². The third kappa shape index (κ3) is 15.8. The number of hydrogen-bond acceptors (Lipinski definition) is 11. The lowest BCUT2D eigenvalue weighted by atomic mass is 9.91. The van der Waals surface area contributed by atoms with Gasteiger partial charge in [-0.1, -0.05) is 88.9 Å². The third-order valence-corrected chi connectivity index (χ3v) is 14.9. The van der Waals surface area contributed by atoms with Crippen LogP contribution in [0.4, 0.5) is 5.69 Å². The predicted molar refractivity (Wildman–Crippen MR) is 296 cm³/mol. The topological polar surface area (TPSA) is 187 Å². The molecule has 0 radical (unpaired) electrons. The minimum Gasteiger partial charge on any atom is -0.493 e. The van der Waals surface area contributed by atoms with Crippen molar-refractivity contribution in [3.05, 3.63) is 117 Å². The van der Waals surface area contributed by atoms with Crippen LogP contribution in [0.15, 0.2) is 72.8 Å². The van der Waals surface area contributed by atoms with Gasteiger partial charge >= 0.3 is 5.97 Å². The molecule has 3 aliphatic rings. The van der Waals surface area contributed by atoms with Gasteiger partial charge in [-0.2, -0.15) is 0 Å². The average Bonchev–Trinajstić information content (AvgIpc) is 3.79. The van der Waals surface area contributed by atoms with Gasteiger partial charge in [0.1, 0.15) is 30.5 Å². The molecule has 4 atom stereocenters. The second kappa shape index (κ2) is 28.9. The summed E-state index contributed by atoms with van der Waals surface area (Å²) in [5.41, 5.74) is 7.96. The zero-order valence-electron chi connectivity index (χ0n) is 46.6. The van der Waals surface area contributed by atoms with Crippen LogP contribution in [0.1, 0.15) is 178 Å². The molecule has 4 aromatic carbocycles. The fourth-order valence-corrected chi connectivity index (χ4v) is 10.4. The number of methoxy groups -OCH3 is 2. The Hall–Kier alpha value is -7.03. The summed E-state index contributed by atoms with van der Waals surface area (Å²) in [5.74, 6) is -0.141. The molecule has 2 fully saturated rings. The van der Waals surface area contributed by atoms with E-state index in [0.717, 1.165) is 79.2 Å². The van der Waals surface area contributed by atoms with Crippen molar-refractivity contribution in [1.29, 1.82) is 0 Å². The summed E-state index contributed by atoms with van der Waals surface area (Å²) in [6.45, 7) is 13.1. The molecule has 5 amide bonds. The fraction of sp³-hybridized carbons (Fsp3) is 0.500. The number of unbranched alkanes of at least 4 members (excludes halogenated alkanes) is 4. The number of ketones is 1. The summed E-state index contributed by atoms with van der Waals surface area (Å²) in [4.78, 5) is 92.3. The Kier molecular flexibility index (Phi) is 22.2. The summed E-state index contributed by atoms with van der Waals surface area (Å²) in [6, 6.07) is 21.6. The van der Waals surface area contributed by atoms with Crippen molar-refractivity contribution in [2.24, 2.45) is 0 Å². The lowest BCUT2D eigenvalue weighted by Gasteiger charge is -2.37. The van der Waals surface area contributed by atoms with Crippen molar-refractivity contribution in [3.63, 3.8) is 0 Å². The van der Waals surface area contributed by atoms with Gasteiger partial charge in [-0.3, -0.25) is 34.1 Å². The maximum absolute atomic E-state index is 14.3. The number of likely N-dealkylation sites (tertiary alicyclic amines) is 1. The number of imide groups is 1. The molecule has 2 N–H and O–H groups in total. The van der Waals surface area contributed by atoms with Gasteiger partial charge in [0.05, 0.1) is 20.1 Å². The van der Waals surface area contributed by atoms with Crippen LogP contribution in [0.2, 0.25) is 0 Å². The highest BCUT2D eigenvalue weighted by Gasteiger charge is 2.41. The van der Waals surface area contributed by atoms with E-state index < -0.39 is 36.0 Å². The number of hydrogen-bond donors (Lipinski definition) is 2. The Labute approximate surface area is 455 Å². The lowest BCUT2D eigenvalue weighted by molar-refractivity contribution is -0.162. The molecule has 15 nitrogen and oxygen atoms in total. The van der Waals surface area contributed by atoms with Gasteiger partial charge < -0.3 is 34.1 Å². The Balaban J connectivity index is 0.000000319. The highest BCUT2D eigenvalue weighted by Crippen LogP contribution is 2.38. The first-order chi connectivity index (χ1) is 37.1. The van der Waals surface area contributed by atoms with Crippen LogP contribution in [0.5, 0.6) is 17.2 Å². The first-order valence-electron chi connectivity index (χ1n) is 27.7. The molecule has 0 aromatic heterocycles. The average molecular weight is 1060 g/mol. The van der Waals surface area contributed by atoms with Crippen molar-refractivity contribution in [3.8, 4) is 17.2 Å². The van der Waals surface area contributed by atoms with E-state index in [0.29, 0.717) is 80.0 Å². The van der Waals surface area contributed by atoms with E-state index in [1.165, 1.54) is 16.0 Å². The number of carbonyl (C=O) groups is 7. The van der Waals surface area contributed by atoms with Gasteiger partial charge in [0.15, 0.2) is 17.3 Å². The molecule has 0 bridgehead atoms. The Morgan fingerprint density at radius 2 is 1.56 bits per heavy atom. The van der Waals surface area contributed by atoms with Crippen LogP contribution >= 0.6 is 0 Å². The number of anilines is 1. The minimum absolute atomic E-state index is 0.0139. The maximum atomic E-state index is 14.3. The lowest BCUT2D eigenvalue weighted by Crippen LogP contribution is -2.52. The summed E-state index contributed by atoms with van der Waals surface area (Å²) in [7, 11) is 3.20. The number of esters is 1. The number of Topliss-reactive ketones (excluding diaryl/α,β-unsaturated/α-hetero) is 1. The van der Waals surface area contributed by atoms with Crippen LogP contribution < -0.4 is 24.8 Å². The van der Waals surface area contributed by atoms with E-state index in [4.69, 9.17) is 18.9 Å². The summed E-state index contributed by atoms with van der Waals surface area (Å²) in [5, 5.41) is 5.15. The highest BCUT2D eigenvalue weighted by molar-refractivity contribution is 6.07. The normalized spacial score (nSPS) is 16.8. The number of piperidine rings is 2. The Morgan fingerprint density at radius 1 is 0.779 bits per heavy atom. The van der Waals surface area contributed by atoms with Gasteiger partial charge in [0, 0.05) is 49.2 Å². The number of fused-ring (bicyclic) bond motifs is 1. The van der Waals surface area contributed by atoms with Gasteiger partial charge in [0.25, 0.3) is 5.91 Å². The zero-order valence-corrected chi connectivity index (χ0v) is 46.6. The SMILES string of the molecule is CCCCC(=O)Nc1cccc2c1CN(C1CCC(=O)NC1=O)C2=O.CCCCCCC(=O)COc1cccc(C(CCc2ccc(C)c(C)c2)OC(=O)[C@@H]2CCCCN2C(=O)[C@@H](CC)c2cc(C)c(OC)c(OC)c2)c1. The van der Waals surface area contributed by atoms with Crippen LogP contribution in [0.25, 0.3) is 0 Å². The second-order valence-electron chi connectivity index (χ2n) is 20.6. The molecule has 0 saturated carbocycles.